The third-order valence-electron chi connectivity index (χ3n) is 8.07. The third kappa shape index (κ3) is 6.67. The van der Waals surface area contributed by atoms with Gasteiger partial charge in [-0.25, -0.2) is 28.3 Å². The first-order valence-corrected chi connectivity index (χ1v) is 16.7. The smallest absolute Gasteiger partial charge is 0.412 e. The summed E-state index contributed by atoms with van der Waals surface area (Å²) in [6, 6.07) is 1.83. The Bertz CT molecular complexity index is 2030. The number of benzene rings is 1. The van der Waals surface area contributed by atoms with Gasteiger partial charge < -0.3 is 24.0 Å². The van der Waals surface area contributed by atoms with Gasteiger partial charge in [-0.1, -0.05) is 0 Å². The van der Waals surface area contributed by atoms with E-state index in [9.17, 15) is 14.9 Å². The number of ether oxygens (including phenoxy) is 3. The number of nitrogens with one attached hydrogen (secondary N) is 1. The Kier molecular flexibility index (Phi) is 8.83. The fourth-order valence-electron chi connectivity index (χ4n) is 6.09. The zero-order valence-corrected chi connectivity index (χ0v) is 29.2. The van der Waals surface area contributed by atoms with Crippen LogP contribution in [0.5, 0.6) is 0 Å². The number of carbonyl (C=O) groups excluding carboxylic acids is 2. The topological polar surface area (TPSA) is 143 Å². The lowest BCUT2D eigenvalue weighted by Crippen LogP contribution is -2.43. The minimum atomic E-state index is -0.821. The zero-order chi connectivity index (χ0) is 35.4. The van der Waals surface area contributed by atoms with Crippen LogP contribution >= 0.6 is 11.3 Å². The molecule has 49 heavy (non-hydrogen) atoms. The van der Waals surface area contributed by atoms with E-state index < -0.39 is 35.0 Å². The number of nitriles is 1. The van der Waals surface area contributed by atoms with Gasteiger partial charge in [-0.05, 0) is 66.0 Å². The number of anilines is 2. The van der Waals surface area contributed by atoms with Gasteiger partial charge in [-0.2, -0.15) is 5.26 Å². The second kappa shape index (κ2) is 12.6. The Hall–Kier alpha value is -4.68. The molecule has 3 aromatic heterocycles. The van der Waals surface area contributed by atoms with Crippen LogP contribution in [0.25, 0.3) is 32.2 Å². The zero-order valence-electron chi connectivity index (χ0n) is 28.4. The maximum absolute atomic E-state index is 17.0. The monoisotopic (exact) mass is 693 g/mol. The highest BCUT2D eigenvalue weighted by molar-refractivity contribution is 7.23. The largest absolute Gasteiger partial charge is 0.444 e. The Morgan fingerprint density at radius 3 is 2.47 bits per heavy atom. The summed E-state index contributed by atoms with van der Waals surface area (Å²) in [5, 5.41) is 13.3. The van der Waals surface area contributed by atoms with E-state index in [0.717, 1.165) is 17.5 Å². The molecule has 5 heterocycles. The van der Waals surface area contributed by atoms with E-state index in [4.69, 9.17) is 19.2 Å². The third-order valence-corrected chi connectivity index (χ3v) is 9.19. The number of rotatable bonds is 3. The molecular weight excluding hydrogens is 656 g/mol. The number of amides is 2. The van der Waals surface area contributed by atoms with Crippen molar-refractivity contribution in [3.05, 3.63) is 40.7 Å². The van der Waals surface area contributed by atoms with E-state index in [2.05, 4.69) is 15.3 Å². The molecule has 0 saturated carbocycles. The van der Waals surface area contributed by atoms with Crippen molar-refractivity contribution in [1.29, 1.82) is 5.26 Å². The first-order chi connectivity index (χ1) is 23.1. The summed E-state index contributed by atoms with van der Waals surface area (Å²) in [4.78, 5) is 42.7. The maximum atomic E-state index is 17.0. The highest BCUT2D eigenvalue weighted by Gasteiger charge is 2.33. The highest BCUT2D eigenvalue weighted by Crippen LogP contribution is 2.46. The quantitative estimate of drug-likeness (QED) is 0.233. The van der Waals surface area contributed by atoms with Gasteiger partial charge in [0.05, 0.1) is 35.4 Å². The highest BCUT2D eigenvalue weighted by atomic mass is 32.1. The van der Waals surface area contributed by atoms with Crippen molar-refractivity contribution in [3.8, 4) is 17.3 Å². The molecule has 1 N–H and O–H groups in total. The van der Waals surface area contributed by atoms with Crippen LogP contribution in [0.15, 0.2) is 12.4 Å². The van der Waals surface area contributed by atoms with Crippen molar-refractivity contribution in [2.45, 2.75) is 85.3 Å². The molecule has 1 fully saturated rings. The number of thiophene rings is 1. The number of nitrogens with zero attached hydrogens (tertiary/aromatic N) is 6. The van der Waals surface area contributed by atoms with E-state index in [1.807, 2.05) is 38.7 Å². The van der Waals surface area contributed by atoms with Gasteiger partial charge in [0, 0.05) is 48.2 Å². The number of hydrogen-bond acceptors (Lipinski definition) is 11. The van der Waals surface area contributed by atoms with Gasteiger partial charge in [0.15, 0.2) is 11.6 Å². The molecule has 0 spiro atoms. The number of halogens is 2. The first kappa shape index (κ1) is 34.2. The number of carbonyl (C=O) groups is 2. The number of fused-ring (bicyclic) bond motifs is 4. The van der Waals surface area contributed by atoms with Gasteiger partial charge in [-0.3, -0.25) is 10.3 Å². The molecule has 0 unspecified atom stereocenters. The van der Waals surface area contributed by atoms with Crippen molar-refractivity contribution in [2.75, 3.05) is 29.9 Å². The molecule has 0 radical (unpaired) electrons. The average molecular weight is 694 g/mol. The molecule has 2 amide bonds. The lowest BCUT2D eigenvalue weighted by molar-refractivity contribution is 0.0251. The van der Waals surface area contributed by atoms with E-state index >= 15 is 8.78 Å². The number of aromatic nitrogens is 3. The Morgan fingerprint density at radius 2 is 1.78 bits per heavy atom. The summed E-state index contributed by atoms with van der Waals surface area (Å²) in [7, 11) is 0. The predicted octanol–water partition coefficient (Wildman–Crippen LogP) is 7.27. The van der Waals surface area contributed by atoms with Gasteiger partial charge in [0.1, 0.15) is 27.8 Å². The minimum Gasteiger partial charge on any atom is -0.444 e. The summed E-state index contributed by atoms with van der Waals surface area (Å²) < 4.78 is 49.0. The van der Waals surface area contributed by atoms with E-state index in [-0.39, 0.29) is 62.6 Å². The molecular formula is C34H37F2N7O5S. The minimum absolute atomic E-state index is 0.0183. The number of hydrogen-bond donors (Lipinski definition) is 1. The summed E-state index contributed by atoms with van der Waals surface area (Å²) >= 11 is 0.837. The van der Waals surface area contributed by atoms with Crippen LogP contribution in [-0.2, 0) is 27.4 Å². The standard InChI is InChI=1S/C34H37F2N7O5S/c1-17-14-42(32(45)48-34(5,6)7)9-8-10-43(17)30-39-12-19-20-15-46-16-21(20)23(25(36)26(19)40-30)27-24-18(11-37)29(41-31(44)47-33(2,3)4)49-28(24)22(35)13-38-27/h12-13,17H,8-10,14-16H2,1-7H3,(H,41,44)/t17-/m0/s1. The average Bonchev–Trinajstić information content (AvgIpc) is 3.57. The molecule has 4 aromatic rings. The Balaban J connectivity index is 1.45. The first-order valence-electron chi connectivity index (χ1n) is 15.9. The summed E-state index contributed by atoms with van der Waals surface area (Å²) in [6.45, 7) is 14.0. The maximum Gasteiger partial charge on any atom is 0.412 e. The second-order valence-corrected chi connectivity index (χ2v) is 15.1. The molecule has 12 nitrogen and oxygen atoms in total. The van der Waals surface area contributed by atoms with Crippen LogP contribution in [0.2, 0.25) is 0 Å². The van der Waals surface area contributed by atoms with E-state index in [0.29, 0.717) is 42.6 Å². The fourth-order valence-corrected chi connectivity index (χ4v) is 7.13. The molecule has 2 aliphatic heterocycles. The molecule has 1 atom stereocenters. The van der Waals surface area contributed by atoms with Crippen molar-refractivity contribution >= 4 is 55.5 Å². The van der Waals surface area contributed by atoms with Gasteiger partial charge >= 0.3 is 12.2 Å². The molecule has 6 rings (SSSR count). The summed E-state index contributed by atoms with van der Waals surface area (Å²) in [5.41, 5.74) is -0.282. The van der Waals surface area contributed by atoms with E-state index in [1.165, 1.54) is 0 Å². The molecule has 0 aliphatic carbocycles. The molecule has 2 aliphatic rings. The lowest BCUT2D eigenvalue weighted by atomic mass is 9.94. The Labute approximate surface area is 286 Å². The second-order valence-electron chi connectivity index (χ2n) is 14.1. The summed E-state index contributed by atoms with van der Waals surface area (Å²) in [6.07, 6.45) is 1.93. The predicted molar refractivity (Wildman–Crippen MR) is 180 cm³/mol. The van der Waals surface area contributed by atoms with Crippen molar-refractivity contribution in [1.82, 2.24) is 19.9 Å². The van der Waals surface area contributed by atoms with Crippen LogP contribution in [0.4, 0.5) is 29.3 Å². The van der Waals surface area contributed by atoms with Crippen LogP contribution in [-0.4, -0.2) is 68.9 Å². The molecule has 1 aromatic carbocycles. The van der Waals surface area contributed by atoms with Gasteiger partial charge in [0.2, 0.25) is 5.95 Å². The fraction of sp³-hybridized carbons (Fsp3) is 0.471. The molecule has 15 heteroatoms. The molecule has 0 bridgehead atoms. The van der Waals surface area contributed by atoms with E-state index in [1.54, 1.807) is 31.9 Å². The van der Waals surface area contributed by atoms with Crippen LogP contribution in [0.1, 0.15) is 71.6 Å². The summed E-state index contributed by atoms with van der Waals surface area (Å²) in [5.74, 6) is -1.17. The lowest BCUT2D eigenvalue weighted by Gasteiger charge is -2.30. The Morgan fingerprint density at radius 1 is 1.06 bits per heavy atom. The van der Waals surface area contributed by atoms with Crippen molar-refractivity contribution < 1.29 is 32.6 Å². The van der Waals surface area contributed by atoms with Crippen LogP contribution in [0.3, 0.4) is 0 Å². The van der Waals surface area contributed by atoms with Crippen molar-refractivity contribution in [3.63, 3.8) is 0 Å². The van der Waals surface area contributed by atoms with Crippen LogP contribution in [0, 0.1) is 23.0 Å². The normalized spacial score (nSPS) is 16.8. The number of pyridine rings is 1. The SMILES string of the molecule is C[C@H]1CN(C(=O)OC(C)(C)C)CCCN1c1ncc2c3c(c(-c4ncc(F)c5sc(NC(=O)OC(C)(C)C)c(C#N)c45)c(F)c2n1)COC3. The van der Waals surface area contributed by atoms with Gasteiger partial charge in [-0.15, -0.1) is 11.3 Å². The van der Waals surface area contributed by atoms with Gasteiger partial charge in [0.25, 0.3) is 0 Å². The molecule has 258 valence electrons. The molecule has 1 saturated heterocycles. The van der Waals surface area contributed by atoms with Crippen LogP contribution < -0.4 is 10.2 Å². The van der Waals surface area contributed by atoms with Crippen molar-refractivity contribution in [2.24, 2.45) is 0 Å².